The molecule has 3 fully saturated rings. The largest absolute Gasteiger partial charge is 0.400 e. The van der Waals surface area contributed by atoms with E-state index >= 15 is 0 Å². The molecule has 0 saturated heterocycles. The highest BCUT2D eigenvalue weighted by Gasteiger charge is 2.60. The molecule has 0 amide bonds. The number of fused-ring (bicyclic) bond motifs is 5. The third kappa shape index (κ3) is 3.51. The van der Waals surface area contributed by atoms with Gasteiger partial charge in [-0.3, -0.25) is 9.35 Å². The summed E-state index contributed by atoms with van der Waals surface area (Å²) in [7, 11) is -4.89. The van der Waals surface area contributed by atoms with Gasteiger partial charge in [0.2, 0.25) is 6.29 Å². The molecule has 3 N–H and O–H groups in total. The van der Waals surface area contributed by atoms with Gasteiger partial charge >= 0.3 is 10.4 Å². The lowest BCUT2D eigenvalue weighted by molar-refractivity contribution is -0.152. The predicted molar refractivity (Wildman–Crippen MR) is 105 cm³/mol. The van der Waals surface area contributed by atoms with Gasteiger partial charge in [-0.1, -0.05) is 25.5 Å². The number of carbonyl (C=O) groups excluding carboxylic acids is 1. The van der Waals surface area contributed by atoms with Gasteiger partial charge in [0, 0.05) is 5.92 Å². The summed E-state index contributed by atoms with van der Waals surface area (Å²) in [6.45, 7) is 4.43. The van der Waals surface area contributed by atoms with Gasteiger partial charge in [0.1, 0.15) is 0 Å². The fourth-order valence-corrected chi connectivity index (χ4v) is 7.77. The Kier molecular flexibility index (Phi) is 5.26. The Morgan fingerprint density at radius 1 is 1.17 bits per heavy atom. The van der Waals surface area contributed by atoms with Crippen molar-refractivity contribution in [1.82, 2.24) is 0 Å². The van der Waals surface area contributed by atoms with Gasteiger partial charge < -0.3 is 10.2 Å². The van der Waals surface area contributed by atoms with E-state index in [1.165, 1.54) is 5.57 Å². The third-order valence-electron chi connectivity index (χ3n) is 8.88. The fourth-order valence-electron chi connectivity index (χ4n) is 7.44. The van der Waals surface area contributed by atoms with Crippen molar-refractivity contribution >= 4 is 16.2 Å². The lowest BCUT2D eigenvalue weighted by atomic mass is 9.47. The first-order valence-electron chi connectivity index (χ1n) is 10.7. The van der Waals surface area contributed by atoms with E-state index in [9.17, 15) is 23.4 Å². The van der Waals surface area contributed by atoms with E-state index in [1.54, 1.807) is 0 Å². The molecule has 0 aromatic carbocycles. The Hall–Kier alpha value is -0.800. The van der Waals surface area contributed by atoms with Crippen molar-refractivity contribution < 1.29 is 32.2 Å². The van der Waals surface area contributed by atoms with Crippen LogP contribution in [0.15, 0.2) is 11.6 Å². The molecule has 8 atom stereocenters. The molecule has 4 rings (SSSR count). The van der Waals surface area contributed by atoms with Gasteiger partial charge in [0.05, 0.1) is 6.10 Å². The molecule has 0 bridgehead atoms. The number of rotatable bonds is 4. The fraction of sp³-hybridized carbons (Fsp3) is 0.857. The summed E-state index contributed by atoms with van der Waals surface area (Å²) in [5, 5.41) is 20.0. The maximum atomic E-state index is 12.8. The second kappa shape index (κ2) is 7.12. The zero-order valence-corrected chi connectivity index (χ0v) is 17.9. The van der Waals surface area contributed by atoms with Crippen molar-refractivity contribution in [3.63, 3.8) is 0 Å². The first kappa shape index (κ1) is 21.4. The quantitative estimate of drug-likeness (QED) is 0.357. The summed E-state index contributed by atoms with van der Waals surface area (Å²) in [6, 6.07) is 0. The van der Waals surface area contributed by atoms with E-state index in [0.717, 1.165) is 44.9 Å². The number of hydrogen-bond acceptors (Lipinski definition) is 6. The standard InChI is InChI=1S/C21H32O7S/c1-20-9-7-13(22)11-12(20)3-4-14-15-5-6-17(21(15,2)10-8-16(14)20)18(23)19(24)28-29(25,26)27/h3,13-17,19,22,24H,4-11H2,1-2H3,(H,25,26,27)/t13?,14?,15?,16?,17-,19?,20+,21+/m1/s1. The minimum Gasteiger partial charge on any atom is -0.393 e. The molecule has 3 saturated carbocycles. The van der Waals surface area contributed by atoms with Crippen LogP contribution >= 0.6 is 0 Å². The van der Waals surface area contributed by atoms with Crippen LogP contribution in [0.2, 0.25) is 0 Å². The van der Waals surface area contributed by atoms with Gasteiger partial charge in [-0.25, -0.2) is 4.18 Å². The number of Topliss-reactive ketones (excluding diaryl/α,β-unsaturated/α-hetero) is 1. The van der Waals surface area contributed by atoms with Crippen molar-refractivity contribution in [2.24, 2.45) is 34.5 Å². The Balaban J connectivity index is 1.57. The van der Waals surface area contributed by atoms with Crippen molar-refractivity contribution in [2.45, 2.75) is 77.6 Å². The molecule has 0 aliphatic heterocycles. The van der Waals surface area contributed by atoms with Gasteiger partial charge in [-0.2, -0.15) is 8.42 Å². The minimum atomic E-state index is -4.89. The first-order valence-corrected chi connectivity index (χ1v) is 12.1. The van der Waals surface area contributed by atoms with E-state index in [-0.39, 0.29) is 16.9 Å². The highest BCUT2D eigenvalue weighted by Crippen LogP contribution is 2.66. The van der Waals surface area contributed by atoms with Crippen LogP contribution in [0.25, 0.3) is 0 Å². The monoisotopic (exact) mass is 428 g/mol. The molecule has 5 unspecified atom stereocenters. The van der Waals surface area contributed by atoms with Crippen LogP contribution < -0.4 is 0 Å². The number of hydrogen-bond donors (Lipinski definition) is 3. The molecular weight excluding hydrogens is 396 g/mol. The molecule has 164 valence electrons. The first-order chi connectivity index (χ1) is 13.5. The average Bonchev–Trinajstić information content (AvgIpc) is 2.97. The summed E-state index contributed by atoms with van der Waals surface area (Å²) >= 11 is 0. The van der Waals surface area contributed by atoms with E-state index in [2.05, 4.69) is 24.1 Å². The van der Waals surface area contributed by atoms with E-state index in [4.69, 9.17) is 4.55 Å². The van der Waals surface area contributed by atoms with E-state index in [0.29, 0.717) is 24.2 Å². The highest BCUT2D eigenvalue weighted by molar-refractivity contribution is 7.80. The Labute approximate surface area is 172 Å². The Morgan fingerprint density at radius 2 is 1.90 bits per heavy atom. The maximum Gasteiger partial charge on any atom is 0.400 e. The molecule has 0 aromatic heterocycles. The molecule has 0 spiro atoms. The average molecular weight is 429 g/mol. The van der Waals surface area contributed by atoms with Crippen molar-refractivity contribution in [2.75, 3.05) is 0 Å². The van der Waals surface area contributed by atoms with Crippen LogP contribution in [0, 0.1) is 34.5 Å². The topological polar surface area (TPSA) is 121 Å². The molecule has 0 heterocycles. The van der Waals surface area contributed by atoms with Crippen molar-refractivity contribution in [1.29, 1.82) is 0 Å². The summed E-state index contributed by atoms with van der Waals surface area (Å²) in [6.07, 6.45) is 6.77. The molecule has 8 heteroatoms. The smallest absolute Gasteiger partial charge is 0.393 e. The number of aliphatic hydroxyl groups is 2. The van der Waals surface area contributed by atoms with Crippen LogP contribution in [0.3, 0.4) is 0 Å². The number of ketones is 1. The highest BCUT2D eigenvalue weighted by atomic mass is 32.3. The van der Waals surface area contributed by atoms with Crippen molar-refractivity contribution in [3.8, 4) is 0 Å². The van der Waals surface area contributed by atoms with Crippen LogP contribution in [-0.4, -0.2) is 41.4 Å². The molecule has 4 aliphatic rings. The van der Waals surface area contributed by atoms with Crippen LogP contribution in [-0.2, 0) is 19.4 Å². The number of allylic oxidation sites excluding steroid dienone is 1. The SMILES string of the molecule is C[C@]12CCC(O)CC1=CCC1C2CC[C@@]2(C)C1CC[C@@H]2C(=O)C(O)OS(=O)(=O)O. The maximum absolute atomic E-state index is 12.8. The number of aliphatic hydroxyl groups excluding tert-OH is 2. The minimum absolute atomic E-state index is 0.110. The zero-order valence-electron chi connectivity index (χ0n) is 17.1. The molecule has 29 heavy (non-hydrogen) atoms. The van der Waals surface area contributed by atoms with Gasteiger partial charge in [-0.15, -0.1) is 0 Å². The normalized spacial score (nSPS) is 45.6. The lowest BCUT2D eigenvalue weighted by Gasteiger charge is -2.58. The molecule has 0 radical (unpaired) electrons. The molecular formula is C21H32O7S. The van der Waals surface area contributed by atoms with Crippen LogP contribution in [0.4, 0.5) is 0 Å². The predicted octanol–water partition coefficient (Wildman–Crippen LogP) is 2.63. The zero-order chi connectivity index (χ0) is 21.2. The summed E-state index contributed by atoms with van der Waals surface area (Å²) in [5.41, 5.74) is 1.19. The Bertz CT molecular complexity index is 821. The summed E-state index contributed by atoms with van der Waals surface area (Å²) < 4.78 is 34.7. The lowest BCUT2D eigenvalue weighted by Crippen LogP contribution is -2.51. The second-order valence-electron chi connectivity index (χ2n) is 10.1. The molecule has 7 nitrogen and oxygen atoms in total. The van der Waals surface area contributed by atoms with Gasteiger partial charge in [-0.05, 0) is 80.0 Å². The van der Waals surface area contributed by atoms with E-state index in [1.807, 2.05) is 0 Å². The molecule has 4 aliphatic carbocycles. The molecule has 0 aromatic rings. The van der Waals surface area contributed by atoms with Crippen molar-refractivity contribution in [3.05, 3.63) is 11.6 Å². The van der Waals surface area contributed by atoms with Gasteiger partial charge in [0.25, 0.3) is 0 Å². The van der Waals surface area contributed by atoms with Gasteiger partial charge in [0.15, 0.2) is 5.78 Å². The second-order valence-corrected chi connectivity index (χ2v) is 11.2. The summed E-state index contributed by atoms with van der Waals surface area (Å²) in [4.78, 5) is 12.8. The third-order valence-corrected chi connectivity index (χ3v) is 9.30. The number of carbonyl (C=O) groups is 1. The Morgan fingerprint density at radius 3 is 2.59 bits per heavy atom. The van der Waals surface area contributed by atoms with E-state index < -0.39 is 28.4 Å². The summed E-state index contributed by atoms with van der Waals surface area (Å²) in [5.74, 6) is 0.187. The van der Waals surface area contributed by atoms with Crippen LogP contribution in [0.5, 0.6) is 0 Å². The van der Waals surface area contributed by atoms with Crippen LogP contribution in [0.1, 0.15) is 65.2 Å².